The average Bonchev–Trinajstić information content (AvgIpc) is 2.63. The van der Waals surface area contributed by atoms with E-state index in [2.05, 4.69) is 10.6 Å². The van der Waals surface area contributed by atoms with Gasteiger partial charge in [0.05, 0.1) is 0 Å². The van der Waals surface area contributed by atoms with Gasteiger partial charge >= 0.3 is 12.0 Å². The quantitative estimate of drug-likeness (QED) is 0.612. The Kier molecular flexibility index (Phi) is 7.31. The predicted octanol–water partition coefficient (Wildman–Crippen LogP) is 2.93. The van der Waals surface area contributed by atoms with E-state index in [1.807, 2.05) is 54.6 Å². The molecule has 2 rings (SSSR count). The van der Waals surface area contributed by atoms with Crippen LogP contribution in [0.3, 0.4) is 0 Å². The van der Waals surface area contributed by atoms with Gasteiger partial charge in [0.2, 0.25) is 0 Å². The first-order valence-corrected chi connectivity index (χ1v) is 8.12. The molecule has 0 aromatic heterocycles. The van der Waals surface area contributed by atoms with E-state index < -0.39 is 5.97 Å². The second kappa shape index (κ2) is 9.97. The minimum Gasteiger partial charge on any atom is -0.489 e. The number of amides is 2. The Bertz CT molecular complexity index is 672. The minimum absolute atomic E-state index is 0.0484. The highest BCUT2D eigenvalue weighted by Gasteiger charge is 2.02. The van der Waals surface area contributed by atoms with Crippen LogP contribution in [0.1, 0.15) is 24.0 Å². The first kappa shape index (κ1) is 18.3. The Morgan fingerprint density at radius 3 is 2.28 bits per heavy atom. The van der Waals surface area contributed by atoms with E-state index in [1.54, 1.807) is 0 Å². The number of para-hydroxylation sites is 1. The van der Waals surface area contributed by atoms with Crippen molar-refractivity contribution in [3.63, 3.8) is 0 Å². The SMILES string of the molecule is O=C(O)CCCNC(=O)NCc1ccc(COc2ccccc2)cc1. The van der Waals surface area contributed by atoms with Crippen molar-refractivity contribution in [3.8, 4) is 5.75 Å². The van der Waals surface area contributed by atoms with Crippen LogP contribution in [0, 0.1) is 0 Å². The molecule has 0 aliphatic carbocycles. The Morgan fingerprint density at radius 2 is 1.60 bits per heavy atom. The van der Waals surface area contributed by atoms with E-state index in [1.165, 1.54) is 0 Å². The molecule has 0 fully saturated rings. The second-order valence-electron chi connectivity index (χ2n) is 5.52. The minimum atomic E-state index is -0.862. The first-order chi connectivity index (χ1) is 12.1. The van der Waals surface area contributed by atoms with Gasteiger partial charge in [0.1, 0.15) is 12.4 Å². The normalized spacial score (nSPS) is 10.1. The zero-order chi connectivity index (χ0) is 17.9. The molecule has 0 spiro atoms. The third-order valence-corrected chi connectivity index (χ3v) is 3.48. The zero-order valence-electron chi connectivity index (χ0n) is 13.9. The van der Waals surface area contributed by atoms with E-state index in [-0.39, 0.29) is 12.5 Å². The molecule has 25 heavy (non-hydrogen) atoms. The number of hydrogen-bond donors (Lipinski definition) is 3. The molecule has 0 saturated carbocycles. The molecule has 0 heterocycles. The number of carbonyl (C=O) groups excluding carboxylic acids is 1. The molecule has 0 atom stereocenters. The highest BCUT2D eigenvalue weighted by molar-refractivity contribution is 5.73. The second-order valence-corrected chi connectivity index (χ2v) is 5.52. The van der Waals surface area contributed by atoms with Crippen molar-refractivity contribution in [1.82, 2.24) is 10.6 Å². The number of ether oxygens (including phenoxy) is 1. The summed E-state index contributed by atoms with van der Waals surface area (Å²) < 4.78 is 5.68. The van der Waals surface area contributed by atoms with Crippen LogP contribution < -0.4 is 15.4 Å². The third kappa shape index (κ3) is 7.39. The molecule has 0 bridgehead atoms. The Morgan fingerprint density at radius 1 is 0.920 bits per heavy atom. The first-order valence-electron chi connectivity index (χ1n) is 8.12. The Hall–Kier alpha value is -3.02. The van der Waals surface area contributed by atoms with Crippen molar-refractivity contribution >= 4 is 12.0 Å². The van der Waals surface area contributed by atoms with E-state index in [0.29, 0.717) is 26.1 Å². The number of rotatable bonds is 9. The predicted molar refractivity (Wildman–Crippen MR) is 94.3 cm³/mol. The van der Waals surface area contributed by atoms with Crippen LogP contribution in [0.5, 0.6) is 5.75 Å². The van der Waals surface area contributed by atoms with Crippen molar-refractivity contribution in [1.29, 1.82) is 0 Å². The smallest absolute Gasteiger partial charge is 0.315 e. The molecule has 2 aromatic carbocycles. The summed E-state index contributed by atoms with van der Waals surface area (Å²) in [7, 11) is 0. The van der Waals surface area contributed by atoms with Crippen molar-refractivity contribution in [2.45, 2.75) is 26.0 Å². The van der Waals surface area contributed by atoms with Gasteiger partial charge < -0.3 is 20.5 Å². The van der Waals surface area contributed by atoms with Gasteiger partial charge in [0.15, 0.2) is 0 Å². The van der Waals surface area contributed by atoms with E-state index in [0.717, 1.165) is 16.9 Å². The Labute approximate surface area is 146 Å². The zero-order valence-corrected chi connectivity index (χ0v) is 13.9. The Balaban J connectivity index is 1.67. The molecule has 0 radical (unpaired) electrons. The number of carboxylic acids is 1. The van der Waals surface area contributed by atoms with Crippen molar-refractivity contribution in [3.05, 3.63) is 65.7 Å². The van der Waals surface area contributed by atoms with Gasteiger partial charge in [-0.3, -0.25) is 4.79 Å². The van der Waals surface area contributed by atoms with Gasteiger partial charge in [-0.2, -0.15) is 0 Å². The number of hydrogen-bond acceptors (Lipinski definition) is 3. The molecular formula is C19H22N2O4. The van der Waals surface area contributed by atoms with Crippen LogP contribution in [0.15, 0.2) is 54.6 Å². The molecule has 0 aliphatic heterocycles. The molecule has 6 nitrogen and oxygen atoms in total. The van der Waals surface area contributed by atoms with E-state index >= 15 is 0 Å². The molecule has 2 amide bonds. The van der Waals surface area contributed by atoms with Crippen molar-refractivity contribution < 1.29 is 19.4 Å². The largest absolute Gasteiger partial charge is 0.489 e. The molecule has 0 aliphatic rings. The monoisotopic (exact) mass is 342 g/mol. The van der Waals surface area contributed by atoms with Gasteiger partial charge in [0, 0.05) is 19.5 Å². The molecule has 3 N–H and O–H groups in total. The van der Waals surface area contributed by atoms with Crippen LogP contribution in [0.2, 0.25) is 0 Å². The summed E-state index contributed by atoms with van der Waals surface area (Å²) in [5.41, 5.74) is 2.02. The number of carbonyl (C=O) groups is 2. The highest BCUT2D eigenvalue weighted by atomic mass is 16.5. The van der Waals surface area contributed by atoms with Gasteiger partial charge in [0.25, 0.3) is 0 Å². The summed E-state index contributed by atoms with van der Waals surface area (Å²) in [6, 6.07) is 17.1. The maximum absolute atomic E-state index is 11.6. The molecular weight excluding hydrogens is 320 g/mol. The highest BCUT2D eigenvalue weighted by Crippen LogP contribution is 2.12. The summed E-state index contributed by atoms with van der Waals surface area (Å²) in [6.45, 7) is 1.24. The average molecular weight is 342 g/mol. The van der Waals surface area contributed by atoms with Crippen LogP contribution in [0.25, 0.3) is 0 Å². The maximum Gasteiger partial charge on any atom is 0.315 e. The summed E-state index contributed by atoms with van der Waals surface area (Å²) >= 11 is 0. The summed E-state index contributed by atoms with van der Waals surface area (Å²) in [4.78, 5) is 22.0. The number of aliphatic carboxylic acids is 1. The fraction of sp³-hybridized carbons (Fsp3) is 0.263. The fourth-order valence-electron chi connectivity index (χ4n) is 2.12. The van der Waals surface area contributed by atoms with E-state index in [4.69, 9.17) is 9.84 Å². The van der Waals surface area contributed by atoms with Crippen molar-refractivity contribution in [2.75, 3.05) is 6.54 Å². The lowest BCUT2D eigenvalue weighted by atomic mass is 10.1. The maximum atomic E-state index is 11.6. The van der Waals surface area contributed by atoms with Gasteiger partial charge in [-0.25, -0.2) is 4.79 Å². The molecule has 0 saturated heterocycles. The fourth-order valence-corrected chi connectivity index (χ4v) is 2.12. The van der Waals surface area contributed by atoms with E-state index in [9.17, 15) is 9.59 Å². The molecule has 0 unspecified atom stereocenters. The van der Waals surface area contributed by atoms with Gasteiger partial charge in [-0.05, 0) is 29.7 Å². The van der Waals surface area contributed by atoms with Crippen LogP contribution in [-0.4, -0.2) is 23.7 Å². The number of urea groups is 1. The van der Waals surface area contributed by atoms with Gasteiger partial charge in [-0.1, -0.05) is 42.5 Å². The summed E-state index contributed by atoms with van der Waals surface area (Å²) in [6.07, 6.45) is 0.464. The molecule has 132 valence electrons. The summed E-state index contributed by atoms with van der Waals surface area (Å²) in [5.74, 6) is -0.0358. The number of benzene rings is 2. The standard InChI is InChI=1S/C19H22N2O4/c22-18(23)7-4-12-20-19(24)21-13-15-8-10-16(11-9-15)14-25-17-5-2-1-3-6-17/h1-3,5-6,8-11H,4,7,12-14H2,(H,22,23)(H2,20,21,24). The lowest BCUT2D eigenvalue weighted by molar-refractivity contribution is -0.137. The molecule has 2 aromatic rings. The lowest BCUT2D eigenvalue weighted by Gasteiger charge is -2.09. The third-order valence-electron chi connectivity index (χ3n) is 3.48. The van der Waals surface area contributed by atoms with Crippen LogP contribution >= 0.6 is 0 Å². The number of carboxylic acid groups (broad SMARTS) is 1. The van der Waals surface area contributed by atoms with Crippen LogP contribution in [-0.2, 0) is 17.9 Å². The number of nitrogens with one attached hydrogen (secondary N) is 2. The lowest BCUT2D eigenvalue weighted by Crippen LogP contribution is -2.35. The van der Waals surface area contributed by atoms with Crippen molar-refractivity contribution in [2.24, 2.45) is 0 Å². The summed E-state index contributed by atoms with van der Waals surface area (Å²) in [5, 5.41) is 13.9. The molecule has 6 heteroatoms. The van der Waals surface area contributed by atoms with Gasteiger partial charge in [-0.15, -0.1) is 0 Å². The topological polar surface area (TPSA) is 87.7 Å². The van der Waals surface area contributed by atoms with Crippen LogP contribution in [0.4, 0.5) is 4.79 Å².